The van der Waals surface area contributed by atoms with Crippen LogP contribution in [0.15, 0.2) is 48.5 Å². The van der Waals surface area contributed by atoms with Crippen molar-refractivity contribution in [2.45, 2.75) is 99.5 Å². The second-order valence-corrected chi connectivity index (χ2v) is 17.6. The number of carbonyl (C=O) groups excluding carboxylic acids is 4. The summed E-state index contributed by atoms with van der Waals surface area (Å²) in [6.45, 7) is 0.897. The molecule has 2 aromatic carbocycles. The van der Waals surface area contributed by atoms with Gasteiger partial charge in [-0.15, -0.1) is 0 Å². The summed E-state index contributed by atoms with van der Waals surface area (Å²) < 4.78 is 0. The fourth-order valence-electron chi connectivity index (χ4n) is 7.03. The van der Waals surface area contributed by atoms with E-state index in [4.69, 9.17) is 21.7 Å². The molecule has 22 heteroatoms. The number of nitrogens with two attached hydrogens (primary N) is 2. The lowest BCUT2D eigenvalue weighted by Crippen LogP contribution is -2.53. The van der Waals surface area contributed by atoms with Crippen molar-refractivity contribution >= 4 is 80.5 Å². The van der Waals surface area contributed by atoms with E-state index in [-0.39, 0.29) is 74.7 Å². The molecule has 8 atom stereocenters. The van der Waals surface area contributed by atoms with E-state index in [9.17, 15) is 48.6 Å². The van der Waals surface area contributed by atoms with Gasteiger partial charge in [0.05, 0.1) is 0 Å². The van der Waals surface area contributed by atoms with E-state index in [0.717, 1.165) is 44.1 Å². The maximum absolute atomic E-state index is 13.7. The molecule has 0 fully saturated rings. The molecule has 0 bridgehead atoms. The number of rotatable bonds is 27. The molecular formula is C40H54N8O12S2. The number of para-hydroxylation sites is 2. The van der Waals surface area contributed by atoms with Gasteiger partial charge in [0, 0.05) is 60.6 Å². The van der Waals surface area contributed by atoms with E-state index in [1.165, 1.54) is 0 Å². The van der Waals surface area contributed by atoms with Crippen LogP contribution in [-0.2, 0) is 38.4 Å². The summed E-state index contributed by atoms with van der Waals surface area (Å²) in [5, 5.41) is 55.1. The summed E-state index contributed by atoms with van der Waals surface area (Å²) in [5.41, 5.74) is 14.6. The van der Waals surface area contributed by atoms with Gasteiger partial charge < -0.3 is 63.8 Å². The Morgan fingerprint density at radius 2 is 0.935 bits per heavy atom. The molecule has 2 aliphatic heterocycles. The van der Waals surface area contributed by atoms with Gasteiger partial charge in [0.25, 0.3) is 0 Å². The van der Waals surface area contributed by atoms with Gasteiger partial charge in [-0.05, 0) is 61.8 Å². The first-order valence-corrected chi connectivity index (χ1v) is 22.5. The molecule has 14 N–H and O–H groups in total. The molecule has 4 amide bonds. The SMILES string of the molecule is N[C@@H](CCCC(=O)NC(CSSCC(NC(=O)CCC[C@H](N)C(=O)O)C(=O)N[C@H](CC1CNc2ccccc21)C(=O)O)C(=O)N[C@H](CC1CNc2ccccc21)C(=O)O)C(=O)O. The molecule has 0 spiro atoms. The molecule has 0 aromatic heterocycles. The monoisotopic (exact) mass is 902 g/mol. The molecule has 0 saturated carbocycles. The van der Waals surface area contributed by atoms with Gasteiger partial charge in [-0.2, -0.15) is 0 Å². The first kappa shape index (κ1) is 49.1. The number of carboxylic acid groups (broad SMARTS) is 4. The van der Waals surface area contributed by atoms with E-state index in [1.807, 2.05) is 48.5 Å². The molecule has 2 aliphatic rings. The highest BCUT2D eigenvalue weighted by Crippen LogP contribution is 2.35. The third-order valence-electron chi connectivity index (χ3n) is 10.5. The summed E-state index contributed by atoms with van der Waals surface area (Å²) in [7, 11) is 2.03. The summed E-state index contributed by atoms with van der Waals surface area (Å²) in [5.74, 6) is -8.71. The van der Waals surface area contributed by atoms with E-state index in [1.54, 1.807) is 0 Å². The zero-order valence-corrected chi connectivity index (χ0v) is 35.4. The Kier molecular flexibility index (Phi) is 19.1. The van der Waals surface area contributed by atoms with Crippen LogP contribution in [0.3, 0.4) is 0 Å². The van der Waals surface area contributed by atoms with Crippen LogP contribution >= 0.6 is 21.6 Å². The fraction of sp³-hybridized carbons (Fsp3) is 0.500. The number of nitrogens with one attached hydrogen (secondary N) is 6. The lowest BCUT2D eigenvalue weighted by Gasteiger charge is -2.24. The summed E-state index contributed by atoms with van der Waals surface area (Å²) >= 11 is 0. The molecule has 338 valence electrons. The van der Waals surface area contributed by atoms with Crippen LogP contribution in [0.4, 0.5) is 11.4 Å². The Hall–Kier alpha value is -5.58. The van der Waals surface area contributed by atoms with Crippen LogP contribution in [0.5, 0.6) is 0 Å². The third kappa shape index (κ3) is 15.1. The number of benzene rings is 2. The summed E-state index contributed by atoms with van der Waals surface area (Å²) in [4.78, 5) is 100. The number of amides is 4. The molecule has 4 unspecified atom stereocenters. The highest BCUT2D eigenvalue weighted by molar-refractivity contribution is 8.76. The zero-order chi connectivity index (χ0) is 45.3. The predicted molar refractivity (Wildman–Crippen MR) is 231 cm³/mol. The normalized spacial score (nSPS) is 17.8. The predicted octanol–water partition coefficient (Wildman–Crippen LogP) is 0.839. The maximum atomic E-state index is 13.7. The Morgan fingerprint density at radius 1 is 0.565 bits per heavy atom. The summed E-state index contributed by atoms with van der Waals surface area (Å²) in [6.07, 6.45) is -0.152. The number of aliphatic carboxylic acids is 4. The van der Waals surface area contributed by atoms with Crippen LogP contribution in [0, 0.1) is 0 Å². The van der Waals surface area contributed by atoms with Crippen molar-refractivity contribution in [2.24, 2.45) is 11.5 Å². The van der Waals surface area contributed by atoms with Crippen molar-refractivity contribution in [1.29, 1.82) is 0 Å². The van der Waals surface area contributed by atoms with Gasteiger partial charge in [-0.1, -0.05) is 58.0 Å². The number of hydrogen-bond donors (Lipinski definition) is 12. The summed E-state index contributed by atoms with van der Waals surface area (Å²) in [6, 6.07) is 7.12. The fourth-order valence-corrected chi connectivity index (χ4v) is 9.36. The van der Waals surface area contributed by atoms with Crippen molar-refractivity contribution in [2.75, 3.05) is 35.2 Å². The minimum absolute atomic E-state index is 0.0166. The van der Waals surface area contributed by atoms with Crippen molar-refractivity contribution in [3.8, 4) is 0 Å². The average Bonchev–Trinajstić information content (AvgIpc) is 3.84. The van der Waals surface area contributed by atoms with Crippen LogP contribution in [0.1, 0.15) is 74.3 Å². The zero-order valence-electron chi connectivity index (χ0n) is 33.7. The highest BCUT2D eigenvalue weighted by atomic mass is 33.1. The number of carboxylic acids is 4. The maximum Gasteiger partial charge on any atom is 0.326 e. The standard InChI is InChI=1S/C40H54N8O12S2/c41-25(37(53)54)9-5-13-33(49)45-31(35(51)47-29(39(57)58)15-21-17-43-27-11-3-1-7-23(21)27)19-61-62-20-32(46-34(50)14-6-10-26(42)38(55)56)36(52)48-30(40(59)60)16-22-18-44-28-12-4-2-8-24(22)28/h1-4,7-8,11-12,21-22,25-26,29-32,43-44H,5-6,9-10,13-20,41-42H2,(H,45,49)(H,46,50)(H,47,51)(H,48,52)(H,53,54)(H,55,56)(H,57,58)(H,59,60)/t21?,22?,25-,26-,29+,30+,31?,32?/m0/s1. The first-order chi connectivity index (χ1) is 29.5. The topological polar surface area (TPSA) is 342 Å². The van der Waals surface area contributed by atoms with Crippen molar-refractivity contribution in [1.82, 2.24) is 21.3 Å². The molecule has 0 saturated heterocycles. The number of anilines is 2. The smallest absolute Gasteiger partial charge is 0.326 e. The van der Waals surface area contributed by atoms with E-state index in [2.05, 4.69) is 31.9 Å². The van der Waals surface area contributed by atoms with Crippen molar-refractivity contribution in [3.05, 3.63) is 59.7 Å². The molecule has 0 radical (unpaired) electrons. The number of fused-ring (bicyclic) bond motifs is 2. The van der Waals surface area contributed by atoms with Gasteiger partial charge in [0.15, 0.2) is 0 Å². The Morgan fingerprint density at radius 3 is 1.29 bits per heavy atom. The highest BCUT2D eigenvalue weighted by Gasteiger charge is 2.34. The van der Waals surface area contributed by atoms with Crippen LogP contribution in [0.25, 0.3) is 0 Å². The third-order valence-corrected chi connectivity index (χ3v) is 12.9. The van der Waals surface area contributed by atoms with E-state index >= 15 is 0 Å². The van der Waals surface area contributed by atoms with Crippen LogP contribution < -0.4 is 43.4 Å². The second-order valence-electron chi connectivity index (χ2n) is 15.1. The lowest BCUT2D eigenvalue weighted by molar-refractivity contribution is -0.142. The molecule has 2 heterocycles. The van der Waals surface area contributed by atoms with Crippen molar-refractivity contribution in [3.63, 3.8) is 0 Å². The first-order valence-electron chi connectivity index (χ1n) is 20.1. The second kappa shape index (κ2) is 24.2. The molecule has 20 nitrogen and oxygen atoms in total. The minimum atomic E-state index is -1.34. The van der Waals surface area contributed by atoms with Crippen LogP contribution in [-0.4, -0.2) is 129 Å². The minimum Gasteiger partial charge on any atom is -0.480 e. The molecule has 0 aliphatic carbocycles. The van der Waals surface area contributed by atoms with Gasteiger partial charge in [0.2, 0.25) is 23.6 Å². The molecular weight excluding hydrogens is 849 g/mol. The Balaban J connectivity index is 1.44. The largest absolute Gasteiger partial charge is 0.480 e. The quantitative estimate of drug-likeness (QED) is 0.0436. The van der Waals surface area contributed by atoms with E-state index < -0.39 is 83.8 Å². The average molecular weight is 903 g/mol. The van der Waals surface area contributed by atoms with Gasteiger partial charge in [-0.25, -0.2) is 9.59 Å². The number of hydrogen-bond acceptors (Lipinski definition) is 14. The van der Waals surface area contributed by atoms with E-state index in [0.29, 0.717) is 13.1 Å². The van der Waals surface area contributed by atoms with Crippen LogP contribution in [0.2, 0.25) is 0 Å². The Labute approximate surface area is 365 Å². The van der Waals surface area contributed by atoms with Gasteiger partial charge in [0.1, 0.15) is 36.3 Å². The lowest BCUT2D eigenvalue weighted by atomic mass is 9.93. The Bertz CT molecular complexity index is 1810. The molecule has 2 aromatic rings. The molecule has 62 heavy (non-hydrogen) atoms. The van der Waals surface area contributed by atoms with Gasteiger partial charge in [-0.3, -0.25) is 28.8 Å². The number of carbonyl (C=O) groups is 8. The van der Waals surface area contributed by atoms with Crippen molar-refractivity contribution < 1.29 is 58.8 Å². The molecule has 4 rings (SSSR count). The van der Waals surface area contributed by atoms with Gasteiger partial charge >= 0.3 is 23.9 Å².